The van der Waals surface area contributed by atoms with E-state index >= 15 is 0 Å². The Morgan fingerprint density at radius 1 is 0.722 bits per heavy atom. The van der Waals surface area contributed by atoms with Crippen molar-refractivity contribution >= 4 is 5.91 Å². The lowest BCUT2D eigenvalue weighted by Crippen LogP contribution is -2.50. The molecule has 0 spiro atoms. The molecular formula is C31H59NO4. The maximum atomic E-state index is 12.2. The van der Waals surface area contributed by atoms with E-state index in [4.69, 9.17) is 0 Å². The molecular weight excluding hydrogens is 450 g/mol. The SMILES string of the molecule is C/C=C/CC/C=C/CCCC(O)C(O)C(CO)NC(=O)CCCCCCCCCCCCCCCC. The van der Waals surface area contributed by atoms with E-state index in [9.17, 15) is 20.1 Å². The summed E-state index contributed by atoms with van der Waals surface area (Å²) in [6.45, 7) is 3.89. The Morgan fingerprint density at radius 2 is 1.22 bits per heavy atom. The van der Waals surface area contributed by atoms with Crippen molar-refractivity contribution in [3.05, 3.63) is 24.3 Å². The molecule has 36 heavy (non-hydrogen) atoms. The number of hydrogen-bond donors (Lipinski definition) is 4. The molecule has 0 aromatic heterocycles. The first kappa shape index (κ1) is 34.8. The summed E-state index contributed by atoms with van der Waals surface area (Å²) in [5.74, 6) is -0.164. The predicted molar refractivity (Wildman–Crippen MR) is 153 cm³/mol. The Morgan fingerprint density at radius 3 is 1.75 bits per heavy atom. The smallest absolute Gasteiger partial charge is 0.220 e. The summed E-state index contributed by atoms with van der Waals surface area (Å²) in [5.41, 5.74) is 0. The van der Waals surface area contributed by atoms with E-state index in [2.05, 4.69) is 30.5 Å². The predicted octanol–water partition coefficient (Wildman–Crippen LogP) is 7.14. The van der Waals surface area contributed by atoms with Gasteiger partial charge >= 0.3 is 0 Å². The molecule has 0 bridgehead atoms. The summed E-state index contributed by atoms with van der Waals surface area (Å²) in [5, 5.41) is 32.9. The van der Waals surface area contributed by atoms with Crippen LogP contribution in [0.1, 0.15) is 142 Å². The molecule has 0 heterocycles. The normalized spacial score (nSPS) is 14.5. The second kappa shape index (κ2) is 26.9. The van der Waals surface area contributed by atoms with Crippen LogP contribution in [0.15, 0.2) is 24.3 Å². The molecule has 0 radical (unpaired) electrons. The molecule has 0 aliphatic heterocycles. The number of rotatable bonds is 26. The zero-order chi connectivity index (χ0) is 26.7. The van der Waals surface area contributed by atoms with Gasteiger partial charge in [-0.15, -0.1) is 0 Å². The van der Waals surface area contributed by atoms with Gasteiger partial charge in [0.25, 0.3) is 0 Å². The minimum atomic E-state index is -1.16. The van der Waals surface area contributed by atoms with Gasteiger partial charge in [0.05, 0.1) is 18.8 Å². The highest BCUT2D eigenvalue weighted by atomic mass is 16.3. The van der Waals surface area contributed by atoms with Crippen molar-refractivity contribution in [3.8, 4) is 0 Å². The molecule has 0 saturated carbocycles. The number of allylic oxidation sites excluding steroid dienone is 4. The van der Waals surface area contributed by atoms with Crippen LogP contribution >= 0.6 is 0 Å². The van der Waals surface area contributed by atoms with E-state index in [1.807, 2.05) is 13.0 Å². The largest absolute Gasteiger partial charge is 0.394 e. The number of amides is 1. The van der Waals surface area contributed by atoms with Gasteiger partial charge in [-0.3, -0.25) is 4.79 Å². The van der Waals surface area contributed by atoms with Crippen LogP contribution in [0, 0.1) is 0 Å². The maximum Gasteiger partial charge on any atom is 0.220 e. The third-order valence-corrected chi connectivity index (χ3v) is 6.88. The summed E-state index contributed by atoms with van der Waals surface area (Å²) < 4.78 is 0. The molecule has 5 heteroatoms. The third kappa shape index (κ3) is 22.1. The van der Waals surface area contributed by atoms with Crippen LogP contribution in [0.25, 0.3) is 0 Å². The summed E-state index contributed by atoms with van der Waals surface area (Å²) in [7, 11) is 0. The highest BCUT2D eigenvalue weighted by Crippen LogP contribution is 2.14. The van der Waals surface area contributed by atoms with E-state index in [1.165, 1.54) is 70.6 Å². The standard InChI is InChI=1S/C31H59NO4/c1-3-5-7-9-11-13-14-15-16-17-18-20-22-24-26-30(35)32-28(27-33)31(36)29(34)25-23-21-19-12-10-8-6-4-2/h4,6,12,19,28-29,31,33-34,36H,3,5,7-11,13-18,20-27H2,1-2H3,(H,32,35)/b6-4+,19-12+. The van der Waals surface area contributed by atoms with Crippen LogP contribution in [0.5, 0.6) is 0 Å². The van der Waals surface area contributed by atoms with Crippen LogP contribution in [-0.2, 0) is 4.79 Å². The zero-order valence-corrected chi connectivity index (χ0v) is 23.6. The van der Waals surface area contributed by atoms with Gasteiger partial charge in [0, 0.05) is 6.42 Å². The number of aliphatic hydroxyl groups is 3. The van der Waals surface area contributed by atoms with Gasteiger partial charge in [0.1, 0.15) is 6.10 Å². The molecule has 0 aliphatic rings. The fraction of sp³-hybridized carbons (Fsp3) is 0.839. The van der Waals surface area contributed by atoms with Crippen molar-refractivity contribution in [1.82, 2.24) is 5.32 Å². The van der Waals surface area contributed by atoms with E-state index in [-0.39, 0.29) is 12.5 Å². The molecule has 0 aromatic carbocycles. The quantitative estimate of drug-likeness (QED) is 0.0737. The Bertz CT molecular complexity index is 535. The second-order valence-electron chi connectivity index (χ2n) is 10.3. The van der Waals surface area contributed by atoms with E-state index < -0.39 is 18.2 Å². The highest BCUT2D eigenvalue weighted by molar-refractivity contribution is 5.76. The molecule has 212 valence electrons. The molecule has 0 rings (SSSR count). The molecule has 0 saturated heterocycles. The van der Waals surface area contributed by atoms with Gasteiger partial charge in [-0.2, -0.15) is 0 Å². The third-order valence-electron chi connectivity index (χ3n) is 6.88. The Labute approximate surface area is 222 Å². The Hall–Kier alpha value is -1.17. The number of unbranched alkanes of at least 4 members (excludes halogenated alkanes) is 15. The minimum absolute atomic E-state index is 0.164. The number of carbonyl (C=O) groups excluding carboxylic acids is 1. The van der Waals surface area contributed by atoms with Crippen molar-refractivity contribution < 1.29 is 20.1 Å². The molecule has 0 aromatic rings. The van der Waals surface area contributed by atoms with E-state index in [0.717, 1.165) is 44.9 Å². The number of nitrogens with one attached hydrogen (secondary N) is 1. The molecule has 4 N–H and O–H groups in total. The fourth-order valence-electron chi connectivity index (χ4n) is 4.48. The van der Waals surface area contributed by atoms with Gasteiger partial charge in [0.2, 0.25) is 5.91 Å². The van der Waals surface area contributed by atoms with Crippen molar-refractivity contribution in [3.63, 3.8) is 0 Å². The van der Waals surface area contributed by atoms with Crippen LogP contribution in [0.3, 0.4) is 0 Å². The monoisotopic (exact) mass is 509 g/mol. The highest BCUT2D eigenvalue weighted by Gasteiger charge is 2.26. The lowest BCUT2D eigenvalue weighted by molar-refractivity contribution is -0.124. The molecule has 5 nitrogen and oxygen atoms in total. The van der Waals surface area contributed by atoms with Crippen molar-refractivity contribution in [2.45, 2.75) is 161 Å². The van der Waals surface area contributed by atoms with Gasteiger partial charge in [0.15, 0.2) is 0 Å². The first-order valence-electron chi connectivity index (χ1n) is 15.1. The average molecular weight is 510 g/mol. The minimum Gasteiger partial charge on any atom is -0.394 e. The molecule has 3 atom stereocenters. The summed E-state index contributed by atoms with van der Waals surface area (Å²) >= 11 is 0. The number of carbonyl (C=O) groups is 1. The maximum absolute atomic E-state index is 12.2. The van der Waals surface area contributed by atoms with Crippen molar-refractivity contribution in [2.24, 2.45) is 0 Å². The van der Waals surface area contributed by atoms with Gasteiger partial charge < -0.3 is 20.6 Å². The van der Waals surface area contributed by atoms with Gasteiger partial charge in [-0.05, 0) is 45.4 Å². The van der Waals surface area contributed by atoms with Crippen LogP contribution < -0.4 is 5.32 Å². The van der Waals surface area contributed by atoms with Crippen LogP contribution in [-0.4, -0.2) is 46.1 Å². The lowest BCUT2D eigenvalue weighted by Gasteiger charge is -2.26. The molecule has 0 aliphatic carbocycles. The van der Waals surface area contributed by atoms with Crippen LogP contribution in [0.2, 0.25) is 0 Å². The van der Waals surface area contributed by atoms with E-state index in [1.54, 1.807) is 0 Å². The van der Waals surface area contributed by atoms with E-state index in [0.29, 0.717) is 12.8 Å². The number of hydrogen-bond acceptors (Lipinski definition) is 4. The second-order valence-corrected chi connectivity index (χ2v) is 10.3. The average Bonchev–Trinajstić information content (AvgIpc) is 2.88. The zero-order valence-electron chi connectivity index (χ0n) is 23.6. The summed E-state index contributed by atoms with van der Waals surface area (Å²) in [6.07, 6.45) is 28.6. The van der Waals surface area contributed by atoms with Crippen molar-refractivity contribution in [1.29, 1.82) is 0 Å². The molecule has 1 amide bonds. The summed E-state index contributed by atoms with van der Waals surface area (Å²) in [6, 6.07) is -0.824. The van der Waals surface area contributed by atoms with Crippen molar-refractivity contribution in [2.75, 3.05) is 6.61 Å². The molecule has 3 unspecified atom stereocenters. The van der Waals surface area contributed by atoms with Crippen LogP contribution in [0.4, 0.5) is 0 Å². The molecule has 0 fully saturated rings. The lowest BCUT2D eigenvalue weighted by atomic mass is 10.0. The Balaban J connectivity index is 3.76. The van der Waals surface area contributed by atoms with Gasteiger partial charge in [-0.1, -0.05) is 115 Å². The van der Waals surface area contributed by atoms with Gasteiger partial charge in [-0.25, -0.2) is 0 Å². The first-order chi connectivity index (χ1) is 17.6. The number of aliphatic hydroxyl groups excluding tert-OH is 3. The fourth-order valence-corrected chi connectivity index (χ4v) is 4.48. The topological polar surface area (TPSA) is 89.8 Å². The first-order valence-corrected chi connectivity index (χ1v) is 15.1. The summed E-state index contributed by atoms with van der Waals surface area (Å²) in [4.78, 5) is 12.2. The Kier molecular flexibility index (Phi) is 26.0.